The summed E-state index contributed by atoms with van der Waals surface area (Å²) in [6, 6.07) is 4.07. The van der Waals surface area contributed by atoms with Gasteiger partial charge >= 0.3 is 0 Å². The van der Waals surface area contributed by atoms with Crippen LogP contribution in [0.1, 0.15) is 42.9 Å². The average Bonchev–Trinajstić information content (AvgIpc) is 2.97. The van der Waals surface area contributed by atoms with Gasteiger partial charge in [-0.1, -0.05) is 17.7 Å². The summed E-state index contributed by atoms with van der Waals surface area (Å²) in [7, 11) is 0. The van der Waals surface area contributed by atoms with Crippen LogP contribution in [0.25, 0.3) is 10.9 Å². The number of halogens is 2. The van der Waals surface area contributed by atoms with Gasteiger partial charge in [-0.15, -0.1) is 0 Å². The van der Waals surface area contributed by atoms with E-state index < -0.39 is 11.4 Å². The zero-order chi connectivity index (χ0) is 21.0. The fraction of sp³-hybridized carbons (Fsp3) is 0.350. The Morgan fingerprint density at radius 2 is 2.07 bits per heavy atom. The number of carbonyl (C=O) groups excluding carboxylic acids is 1. The molecule has 1 aliphatic rings. The van der Waals surface area contributed by atoms with Gasteiger partial charge in [0.15, 0.2) is 11.4 Å². The topological polar surface area (TPSA) is 80.4 Å². The van der Waals surface area contributed by atoms with E-state index in [0.29, 0.717) is 17.6 Å². The molecule has 0 radical (unpaired) electrons. The Morgan fingerprint density at radius 1 is 1.34 bits per heavy atom. The first kappa shape index (κ1) is 19.4. The molecule has 0 saturated heterocycles. The van der Waals surface area contributed by atoms with Crippen molar-refractivity contribution in [3.8, 4) is 5.75 Å². The molecule has 152 valence electrons. The second kappa shape index (κ2) is 6.88. The summed E-state index contributed by atoms with van der Waals surface area (Å²) < 4.78 is 16.5. The molecule has 7 nitrogen and oxygen atoms in total. The Labute approximate surface area is 170 Å². The van der Waals surface area contributed by atoms with Crippen molar-refractivity contribution in [2.45, 2.75) is 39.4 Å². The van der Waals surface area contributed by atoms with Gasteiger partial charge in [-0.3, -0.25) is 9.59 Å². The highest BCUT2D eigenvalue weighted by Crippen LogP contribution is 2.36. The van der Waals surface area contributed by atoms with Gasteiger partial charge in [-0.25, -0.2) is 9.07 Å². The van der Waals surface area contributed by atoms with Gasteiger partial charge < -0.3 is 14.6 Å². The number of benzene rings is 1. The van der Waals surface area contributed by atoms with Crippen molar-refractivity contribution in [1.29, 1.82) is 0 Å². The van der Waals surface area contributed by atoms with E-state index in [1.165, 1.54) is 18.3 Å². The molecular weight excluding hydrogens is 399 g/mol. The lowest BCUT2D eigenvalue weighted by Gasteiger charge is -2.35. The molecule has 0 saturated carbocycles. The molecule has 1 aliphatic heterocycles. The minimum atomic E-state index is -0.589. The minimum Gasteiger partial charge on any atom is -0.505 e. The first-order valence-electron chi connectivity index (χ1n) is 9.28. The number of fused-ring (bicyclic) bond motifs is 3. The summed E-state index contributed by atoms with van der Waals surface area (Å²) >= 11 is 5.70. The van der Waals surface area contributed by atoms with Crippen molar-refractivity contribution in [2.75, 3.05) is 6.54 Å². The summed E-state index contributed by atoms with van der Waals surface area (Å²) in [6.45, 7) is 6.20. The van der Waals surface area contributed by atoms with Crippen LogP contribution in [0.3, 0.4) is 0 Å². The molecule has 0 unspecified atom stereocenters. The molecule has 1 N–H and O–H groups in total. The van der Waals surface area contributed by atoms with Crippen LogP contribution >= 0.6 is 11.6 Å². The molecule has 0 aliphatic carbocycles. The highest BCUT2D eigenvalue weighted by Gasteiger charge is 2.36. The molecular formula is C20H20ClFN4O3. The van der Waals surface area contributed by atoms with Gasteiger partial charge in [0, 0.05) is 18.6 Å². The molecule has 3 heterocycles. The van der Waals surface area contributed by atoms with Crippen LogP contribution in [0.5, 0.6) is 5.75 Å². The maximum absolute atomic E-state index is 13.7. The van der Waals surface area contributed by atoms with Crippen LogP contribution in [0.15, 0.2) is 29.2 Å². The number of rotatable bonds is 3. The summed E-state index contributed by atoms with van der Waals surface area (Å²) in [5.41, 5.74) is 0.458. The lowest BCUT2D eigenvalue weighted by atomic mass is 10.1. The molecule has 3 aromatic rings. The van der Waals surface area contributed by atoms with Crippen molar-refractivity contribution in [3.05, 3.63) is 56.8 Å². The molecule has 4 rings (SSSR count). The minimum absolute atomic E-state index is 0.00440. The average molecular weight is 419 g/mol. The number of aromatic hydroxyl groups is 1. The third-order valence-corrected chi connectivity index (χ3v) is 5.60. The van der Waals surface area contributed by atoms with E-state index in [-0.39, 0.29) is 46.4 Å². The van der Waals surface area contributed by atoms with Crippen LogP contribution in [0, 0.1) is 5.82 Å². The first-order valence-corrected chi connectivity index (χ1v) is 9.66. The normalized spacial score (nSPS) is 16.7. The Bertz CT molecular complexity index is 1200. The number of amides is 1. The van der Waals surface area contributed by atoms with E-state index in [4.69, 9.17) is 11.6 Å². The lowest BCUT2D eigenvalue weighted by molar-refractivity contribution is 0.0616. The van der Waals surface area contributed by atoms with E-state index in [9.17, 15) is 19.1 Å². The van der Waals surface area contributed by atoms with Gasteiger partial charge in [-0.05, 0) is 38.5 Å². The van der Waals surface area contributed by atoms with Crippen LogP contribution < -0.4 is 5.56 Å². The molecule has 1 aromatic carbocycles. The SMILES string of the molecule is CC(C)N1C[C@H](C)n2c(c(O)c3c(=O)n(Cc4ccc(Cl)c(F)c4)ncc32)C1=O. The van der Waals surface area contributed by atoms with Crippen molar-refractivity contribution in [3.63, 3.8) is 0 Å². The monoisotopic (exact) mass is 418 g/mol. The van der Waals surface area contributed by atoms with Crippen LogP contribution in [0.2, 0.25) is 5.02 Å². The number of aromatic nitrogens is 3. The van der Waals surface area contributed by atoms with Crippen molar-refractivity contribution in [2.24, 2.45) is 0 Å². The van der Waals surface area contributed by atoms with E-state index in [1.54, 1.807) is 15.5 Å². The van der Waals surface area contributed by atoms with Gasteiger partial charge in [0.25, 0.3) is 11.5 Å². The maximum atomic E-state index is 13.7. The highest BCUT2D eigenvalue weighted by molar-refractivity contribution is 6.30. The molecule has 0 fully saturated rings. The van der Waals surface area contributed by atoms with Crippen molar-refractivity contribution < 1.29 is 14.3 Å². The zero-order valence-corrected chi connectivity index (χ0v) is 16.9. The molecule has 2 aromatic heterocycles. The Balaban J connectivity index is 1.86. The molecule has 1 atom stereocenters. The van der Waals surface area contributed by atoms with E-state index >= 15 is 0 Å². The standard InChI is InChI=1S/C20H20ClFN4O3/c1-10(2)24-8-11(3)26-15-7-23-25(9-12-4-5-13(21)14(22)6-12)19(28)16(15)18(27)17(26)20(24)29/h4-7,10-11,27H,8-9H2,1-3H3/t11-/m0/s1. The third-order valence-electron chi connectivity index (χ3n) is 5.29. The van der Waals surface area contributed by atoms with E-state index in [2.05, 4.69) is 5.10 Å². The highest BCUT2D eigenvalue weighted by atomic mass is 35.5. The second-order valence-corrected chi connectivity index (χ2v) is 7.99. The number of hydrogen-bond acceptors (Lipinski definition) is 4. The zero-order valence-electron chi connectivity index (χ0n) is 16.2. The Morgan fingerprint density at radius 3 is 2.72 bits per heavy atom. The fourth-order valence-corrected chi connectivity index (χ4v) is 3.97. The predicted octanol–water partition coefficient (Wildman–Crippen LogP) is 3.17. The number of hydrogen-bond donors (Lipinski definition) is 1. The van der Waals surface area contributed by atoms with Crippen LogP contribution in [-0.4, -0.2) is 42.8 Å². The Kier molecular flexibility index (Phi) is 4.61. The molecule has 0 bridgehead atoms. The van der Waals surface area contributed by atoms with Gasteiger partial charge in [0.2, 0.25) is 0 Å². The predicted molar refractivity (Wildman–Crippen MR) is 107 cm³/mol. The molecule has 1 amide bonds. The van der Waals surface area contributed by atoms with Gasteiger partial charge in [0.05, 0.1) is 23.3 Å². The van der Waals surface area contributed by atoms with E-state index in [0.717, 1.165) is 4.68 Å². The van der Waals surface area contributed by atoms with Gasteiger partial charge in [0.1, 0.15) is 11.2 Å². The quantitative estimate of drug-likeness (QED) is 0.708. The largest absolute Gasteiger partial charge is 0.505 e. The summed E-state index contributed by atoms with van der Waals surface area (Å²) in [4.78, 5) is 27.6. The van der Waals surface area contributed by atoms with Crippen molar-refractivity contribution in [1.82, 2.24) is 19.2 Å². The van der Waals surface area contributed by atoms with Crippen molar-refractivity contribution >= 4 is 28.4 Å². The summed E-state index contributed by atoms with van der Waals surface area (Å²) in [6.07, 6.45) is 1.46. The second-order valence-electron chi connectivity index (χ2n) is 7.58. The molecule has 0 spiro atoms. The smallest absolute Gasteiger partial charge is 0.280 e. The van der Waals surface area contributed by atoms with E-state index in [1.807, 2.05) is 20.8 Å². The van der Waals surface area contributed by atoms with Gasteiger partial charge in [-0.2, -0.15) is 5.10 Å². The molecule has 9 heteroatoms. The lowest BCUT2D eigenvalue weighted by Crippen LogP contribution is -2.45. The van der Waals surface area contributed by atoms with Crippen LogP contribution in [-0.2, 0) is 6.54 Å². The third kappa shape index (κ3) is 2.98. The number of carbonyl (C=O) groups is 1. The fourth-order valence-electron chi connectivity index (χ4n) is 3.85. The summed E-state index contributed by atoms with van der Waals surface area (Å²) in [5, 5.41) is 15.0. The Hall–Kier alpha value is -2.87. The maximum Gasteiger partial charge on any atom is 0.280 e. The summed E-state index contributed by atoms with van der Waals surface area (Å²) in [5.74, 6) is -1.25. The van der Waals surface area contributed by atoms with Crippen LogP contribution in [0.4, 0.5) is 4.39 Å². The number of nitrogens with zero attached hydrogens (tertiary/aromatic N) is 4. The molecule has 29 heavy (non-hydrogen) atoms. The first-order chi connectivity index (χ1) is 13.7.